The minimum Gasteiger partial charge on any atom is -0.322 e. The first-order valence-corrected chi connectivity index (χ1v) is 5.14. The average Bonchev–Trinajstić information content (AvgIpc) is 2.21. The molecule has 0 bridgehead atoms. The fourth-order valence-corrected chi connectivity index (χ4v) is 1.22. The number of carbonyl (C=O) groups is 1. The van der Waals surface area contributed by atoms with Crippen LogP contribution in [0.1, 0.15) is 13.8 Å². The van der Waals surface area contributed by atoms with Crippen LogP contribution in [-0.4, -0.2) is 11.6 Å². The fraction of sp³-hybridized carbons (Fsp3) is 0.250. The second-order valence-electron chi connectivity index (χ2n) is 3.83. The second-order valence-corrected chi connectivity index (χ2v) is 4.24. The van der Waals surface area contributed by atoms with Gasteiger partial charge in [0.2, 0.25) is 0 Å². The molecule has 1 aromatic carbocycles. The Hall–Kier alpha value is -1.66. The van der Waals surface area contributed by atoms with E-state index >= 15 is 0 Å². The normalized spacial score (nSPS) is 10.4. The Morgan fingerprint density at radius 2 is 2.06 bits per heavy atom. The van der Waals surface area contributed by atoms with Gasteiger partial charge < -0.3 is 10.6 Å². The molecule has 0 radical (unpaired) electrons. The molecular weight excluding hydrogens is 224 g/mol. The minimum atomic E-state index is -0.689. The van der Waals surface area contributed by atoms with Gasteiger partial charge in [-0.3, -0.25) is 0 Å². The first kappa shape index (κ1) is 12.4. The number of hydrogen-bond donors (Lipinski definition) is 2. The van der Waals surface area contributed by atoms with E-state index in [0.29, 0.717) is 10.7 Å². The van der Waals surface area contributed by atoms with E-state index < -0.39 is 5.54 Å². The van der Waals surface area contributed by atoms with Crippen LogP contribution in [-0.2, 0) is 0 Å². The zero-order valence-electron chi connectivity index (χ0n) is 9.17. The van der Waals surface area contributed by atoms with Crippen molar-refractivity contribution in [3.8, 4) is 12.3 Å². The maximum absolute atomic E-state index is 11.6. The van der Waals surface area contributed by atoms with Crippen LogP contribution in [0, 0.1) is 12.3 Å². The molecule has 0 unspecified atom stereocenters. The molecule has 0 aliphatic rings. The number of para-hydroxylation sites is 1. The van der Waals surface area contributed by atoms with Crippen molar-refractivity contribution in [2.24, 2.45) is 0 Å². The molecule has 0 spiro atoms. The number of terminal acetylenes is 1. The number of benzene rings is 1. The summed E-state index contributed by atoms with van der Waals surface area (Å²) in [5.74, 6) is 2.47. The predicted molar refractivity (Wildman–Crippen MR) is 66.5 cm³/mol. The van der Waals surface area contributed by atoms with Crippen LogP contribution in [0.5, 0.6) is 0 Å². The molecule has 4 heteroatoms. The van der Waals surface area contributed by atoms with E-state index in [1.54, 1.807) is 38.1 Å². The largest absolute Gasteiger partial charge is 0.322 e. The summed E-state index contributed by atoms with van der Waals surface area (Å²) >= 11 is 5.89. The van der Waals surface area contributed by atoms with Gasteiger partial charge in [-0.1, -0.05) is 29.7 Å². The highest BCUT2D eigenvalue weighted by Crippen LogP contribution is 2.20. The topological polar surface area (TPSA) is 41.1 Å². The molecule has 16 heavy (non-hydrogen) atoms. The molecule has 0 atom stereocenters. The molecule has 2 amide bonds. The van der Waals surface area contributed by atoms with Gasteiger partial charge in [0.05, 0.1) is 16.2 Å². The molecule has 84 valence electrons. The average molecular weight is 237 g/mol. The van der Waals surface area contributed by atoms with Gasteiger partial charge in [0.1, 0.15) is 0 Å². The van der Waals surface area contributed by atoms with Crippen LogP contribution in [0.4, 0.5) is 10.5 Å². The van der Waals surface area contributed by atoms with Crippen LogP contribution in [0.15, 0.2) is 24.3 Å². The fourth-order valence-electron chi connectivity index (χ4n) is 1.04. The summed E-state index contributed by atoms with van der Waals surface area (Å²) in [6, 6.07) is 6.61. The van der Waals surface area contributed by atoms with Crippen LogP contribution in [0.25, 0.3) is 0 Å². The number of amides is 2. The Morgan fingerprint density at radius 1 is 1.44 bits per heavy atom. The third-order valence-corrected chi connectivity index (χ3v) is 2.24. The lowest BCUT2D eigenvalue weighted by Crippen LogP contribution is -2.44. The summed E-state index contributed by atoms with van der Waals surface area (Å²) in [5.41, 5.74) is -0.139. The van der Waals surface area contributed by atoms with E-state index in [1.807, 2.05) is 0 Å². The number of nitrogens with one attached hydrogen (secondary N) is 2. The highest BCUT2D eigenvalue weighted by Gasteiger charge is 2.17. The van der Waals surface area contributed by atoms with Crippen molar-refractivity contribution in [1.29, 1.82) is 0 Å². The molecule has 0 saturated carbocycles. The highest BCUT2D eigenvalue weighted by molar-refractivity contribution is 6.33. The quantitative estimate of drug-likeness (QED) is 0.762. The van der Waals surface area contributed by atoms with E-state index in [-0.39, 0.29) is 6.03 Å². The highest BCUT2D eigenvalue weighted by atomic mass is 35.5. The van der Waals surface area contributed by atoms with Crippen molar-refractivity contribution in [2.75, 3.05) is 5.32 Å². The maximum Gasteiger partial charge on any atom is 0.320 e. The zero-order chi connectivity index (χ0) is 12.2. The van der Waals surface area contributed by atoms with E-state index in [2.05, 4.69) is 16.6 Å². The number of hydrogen-bond acceptors (Lipinski definition) is 1. The van der Waals surface area contributed by atoms with Crippen molar-refractivity contribution in [1.82, 2.24) is 5.32 Å². The molecule has 0 aliphatic carbocycles. The van der Waals surface area contributed by atoms with Gasteiger partial charge in [0.15, 0.2) is 0 Å². The lowest BCUT2D eigenvalue weighted by Gasteiger charge is -2.20. The molecular formula is C12H13ClN2O. The first-order chi connectivity index (χ1) is 7.44. The second kappa shape index (κ2) is 4.91. The van der Waals surface area contributed by atoms with E-state index in [1.165, 1.54) is 0 Å². The van der Waals surface area contributed by atoms with Crippen LogP contribution >= 0.6 is 11.6 Å². The molecule has 1 aromatic rings. The van der Waals surface area contributed by atoms with Gasteiger partial charge >= 0.3 is 6.03 Å². The lowest BCUT2D eigenvalue weighted by atomic mass is 10.1. The summed E-state index contributed by atoms with van der Waals surface area (Å²) in [5, 5.41) is 5.74. The Morgan fingerprint density at radius 3 is 2.62 bits per heavy atom. The lowest BCUT2D eigenvalue weighted by molar-refractivity contribution is 0.247. The summed E-state index contributed by atoms with van der Waals surface area (Å²) in [6.07, 6.45) is 5.26. The Bertz CT molecular complexity index is 435. The van der Waals surface area contributed by atoms with Crippen molar-refractivity contribution < 1.29 is 4.79 Å². The van der Waals surface area contributed by atoms with Gasteiger partial charge in [-0.25, -0.2) is 4.79 Å². The van der Waals surface area contributed by atoms with Gasteiger partial charge in [0, 0.05) is 0 Å². The molecule has 2 N–H and O–H groups in total. The third-order valence-electron chi connectivity index (χ3n) is 1.91. The van der Waals surface area contributed by atoms with Crippen molar-refractivity contribution >= 4 is 23.3 Å². The minimum absolute atomic E-state index is 0.379. The molecule has 0 saturated heterocycles. The summed E-state index contributed by atoms with van der Waals surface area (Å²) in [7, 11) is 0. The number of urea groups is 1. The van der Waals surface area contributed by atoms with Gasteiger partial charge in [-0.2, -0.15) is 0 Å². The summed E-state index contributed by atoms with van der Waals surface area (Å²) in [4.78, 5) is 11.6. The standard InChI is InChI=1S/C12H13ClN2O/c1-4-12(2,3)15-11(16)14-10-8-6-5-7-9(10)13/h1,5-8H,2-3H3,(H2,14,15,16). The molecule has 0 heterocycles. The molecule has 1 rings (SSSR count). The van der Waals surface area contributed by atoms with Crippen LogP contribution in [0.3, 0.4) is 0 Å². The summed E-state index contributed by atoms with van der Waals surface area (Å²) < 4.78 is 0. The molecule has 0 fully saturated rings. The van der Waals surface area contributed by atoms with E-state index in [0.717, 1.165) is 0 Å². The van der Waals surface area contributed by atoms with Gasteiger partial charge in [-0.15, -0.1) is 6.42 Å². The Kier molecular flexibility index (Phi) is 3.81. The smallest absolute Gasteiger partial charge is 0.320 e. The predicted octanol–water partition coefficient (Wildman–Crippen LogP) is 2.87. The van der Waals surface area contributed by atoms with E-state index in [4.69, 9.17) is 18.0 Å². The number of carbonyl (C=O) groups excluding carboxylic acids is 1. The molecule has 3 nitrogen and oxygen atoms in total. The number of anilines is 1. The zero-order valence-corrected chi connectivity index (χ0v) is 9.93. The Labute approximate surface area is 100 Å². The van der Waals surface area contributed by atoms with Crippen molar-refractivity contribution in [3.63, 3.8) is 0 Å². The summed E-state index contributed by atoms with van der Waals surface area (Å²) in [6.45, 7) is 3.47. The third kappa shape index (κ3) is 3.48. The van der Waals surface area contributed by atoms with Crippen molar-refractivity contribution in [3.05, 3.63) is 29.3 Å². The van der Waals surface area contributed by atoms with Crippen LogP contribution in [0.2, 0.25) is 5.02 Å². The number of halogens is 1. The molecule has 0 aliphatic heterocycles. The monoisotopic (exact) mass is 236 g/mol. The van der Waals surface area contributed by atoms with Crippen LogP contribution < -0.4 is 10.6 Å². The number of rotatable bonds is 2. The first-order valence-electron chi connectivity index (χ1n) is 4.76. The van der Waals surface area contributed by atoms with Gasteiger partial charge in [-0.05, 0) is 26.0 Å². The SMILES string of the molecule is C#CC(C)(C)NC(=O)Nc1ccccc1Cl. The van der Waals surface area contributed by atoms with Gasteiger partial charge in [0.25, 0.3) is 0 Å². The Balaban J connectivity index is 2.67. The molecule has 0 aromatic heterocycles. The van der Waals surface area contributed by atoms with Crippen molar-refractivity contribution in [2.45, 2.75) is 19.4 Å². The maximum atomic E-state index is 11.6. The van der Waals surface area contributed by atoms with E-state index in [9.17, 15) is 4.79 Å².